The molecule has 0 saturated heterocycles. The number of amides is 1. The van der Waals surface area contributed by atoms with Crippen LogP contribution in [-0.4, -0.2) is 13.0 Å². The molecule has 3 nitrogen and oxygen atoms in total. The average molecular weight is 290 g/mol. The molecule has 2 rings (SSSR count). The van der Waals surface area contributed by atoms with Crippen LogP contribution in [0.1, 0.15) is 21.5 Å². The zero-order chi connectivity index (χ0) is 14.5. The maximum absolute atomic E-state index is 12.1. The number of hydrogen-bond donors (Lipinski definition) is 1. The molecule has 104 valence electrons. The summed E-state index contributed by atoms with van der Waals surface area (Å²) in [4.78, 5) is 12.1. The van der Waals surface area contributed by atoms with Gasteiger partial charge in [0.2, 0.25) is 0 Å². The number of benzene rings is 2. The Balaban J connectivity index is 2.05. The standard InChI is InChI=1S/C16H16ClNO2/c1-11-9-12(7-8-15(11)20-2)16(19)18-10-13-5-3-4-6-14(13)17/h3-9H,10H2,1-2H3,(H,18,19). The molecule has 0 bridgehead atoms. The molecule has 0 aliphatic carbocycles. The highest BCUT2D eigenvalue weighted by Gasteiger charge is 2.08. The largest absolute Gasteiger partial charge is 0.496 e. The summed E-state index contributed by atoms with van der Waals surface area (Å²) in [6.07, 6.45) is 0. The molecule has 0 spiro atoms. The minimum atomic E-state index is -0.129. The minimum absolute atomic E-state index is 0.129. The van der Waals surface area contributed by atoms with Crippen LogP contribution in [0.2, 0.25) is 5.02 Å². The first-order chi connectivity index (χ1) is 9.61. The molecule has 1 N–H and O–H groups in total. The van der Waals surface area contributed by atoms with E-state index in [9.17, 15) is 4.79 Å². The predicted octanol–water partition coefficient (Wildman–Crippen LogP) is 3.59. The second-order valence-corrected chi connectivity index (χ2v) is 4.87. The van der Waals surface area contributed by atoms with Crippen LogP contribution < -0.4 is 10.1 Å². The molecule has 2 aromatic rings. The van der Waals surface area contributed by atoms with Gasteiger partial charge in [-0.3, -0.25) is 4.79 Å². The number of nitrogens with one attached hydrogen (secondary N) is 1. The lowest BCUT2D eigenvalue weighted by Crippen LogP contribution is -2.23. The van der Waals surface area contributed by atoms with Crippen LogP contribution in [0.3, 0.4) is 0 Å². The topological polar surface area (TPSA) is 38.3 Å². The van der Waals surface area contributed by atoms with Crippen LogP contribution in [-0.2, 0) is 6.54 Å². The van der Waals surface area contributed by atoms with E-state index in [1.54, 1.807) is 31.4 Å². The third-order valence-electron chi connectivity index (χ3n) is 3.05. The van der Waals surface area contributed by atoms with E-state index >= 15 is 0 Å². The van der Waals surface area contributed by atoms with E-state index in [0.29, 0.717) is 17.1 Å². The van der Waals surface area contributed by atoms with Gasteiger partial charge in [0.05, 0.1) is 7.11 Å². The Morgan fingerprint density at radius 3 is 2.65 bits per heavy atom. The van der Waals surface area contributed by atoms with E-state index in [4.69, 9.17) is 16.3 Å². The summed E-state index contributed by atoms with van der Waals surface area (Å²) in [5, 5.41) is 3.51. The number of rotatable bonds is 4. The van der Waals surface area contributed by atoms with Crippen molar-refractivity contribution in [1.82, 2.24) is 5.32 Å². The third-order valence-corrected chi connectivity index (χ3v) is 3.42. The molecule has 0 fully saturated rings. The van der Waals surface area contributed by atoms with E-state index in [2.05, 4.69) is 5.32 Å². The highest BCUT2D eigenvalue weighted by molar-refractivity contribution is 6.31. The van der Waals surface area contributed by atoms with E-state index in [-0.39, 0.29) is 5.91 Å². The number of methoxy groups -OCH3 is 1. The van der Waals surface area contributed by atoms with Crippen LogP contribution >= 0.6 is 11.6 Å². The van der Waals surface area contributed by atoms with E-state index in [0.717, 1.165) is 16.9 Å². The Hall–Kier alpha value is -2.00. The average Bonchev–Trinajstić information content (AvgIpc) is 2.46. The first-order valence-electron chi connectivity index (χ1n) is 6.28. The number of carbonyl (C=O) groups is 1. The minimum Gasteiger partial charge on any atom is -0.496 e. The second-order valence-electron chi connectivity index (χ2n) is 4.46. The first-order valence-corrected chi connectivity index (χ1v) is 6.66. The van der Waals surface area contributed by atoms with Gasteiger partial charge in [-0.15, -0.1) is 0 Å². The predicted molar refractivity (Wildman–Crippen MR) is 80.4 cm³/mol. The molecule has 4 heteroatoms. The molecule has 0 saturated carbocycles. The molecule has 0 aliphatic rings. The summed E-state index contributed by atoms with van der Waals surface area (Å²) >= 11 is 6.05. The van der Waals surface area contributed by atoms with Gasteiger partial charge in [0, 0.05) is 17.1 Å². The van der Waals surface area contributed by atoms with Crippen LogP contribution in [0, 0.1) is 6.92 Å². The molecule has 20 heavy (non-hydrogen) atoms. The highest BCUT2D eigenvalue weighted by atomic mass is 35.5. The van der Waals surface area contributed by atoms with E-state index < -0.39 is 0 Å². The summed E-state index contributed by atoms with van der Waals surface area (Å²) in [6, 6.07) is 12.8. The van der Waals surface area contributed by atoms with Gasteiger partial charge in [0.15, 0.2) is 0 Å². The molecule has 0 aliphatic heterocycles. The number of hydrogen-bond acceptors (Lipinski definition) is 2. The normalized spacial score (nSPS) is 10.2. The molecule has 0 atom stereocenters. The lowest BCUT2D eigenvalue weighted by atomic mass is 10.1. The van der Waals surface area contributed by atoms with E-state index in [1.807, 2.05) is 25.1 Å². The SMILES string of the molecule is COc1ccc(C(=O)NCc2ccccc2Cl)cc1C. The lowest BCUT2D eigenvalue weighted by Gasteiger charge is -2.09. The highest BCUT2D eigenvalue weighted by Crippen LogP contribution is 2.19. The Kier molecular flexibility index (Phi) is 4.64. The molecule has 0 radical (unpaired) electrons. The molecular weight excluding hydrogens is 274 g/mol. The van der Waals surface area contributed by atoms with Crippen molar-refractivity contribution in [3.8, 4) is 5.75 Å². The van der Waals surface area contributed by atoms with Gasteiger partial charge in [-0.25, -0.2) is 0 Å². The van der Waals surface area contributed by atoms with Gasteiger partial charge < -0.3 is 10.1 Å². The fourth-order valence-electron chi connectivity index (χ4n) is 1.94. The molecule has 0 aromatic heterocycles. The van der Waals surface area contributed by atoms with Gasteiger partial charge in [0.1, 0.15) is 5.75 Å². The van der Waals surface area contributed by atoms with Gasteiger partial charge in [-0.05, 0) is 42.3 Å². The fraction of sp³-hybridized carbons (Fsp3) is 0.188. The van der Waals surface area contributed by atoms with Crippen molar-refractivity contribution < 1.29 is 9.53 Å². The summed E-state index contributed by atoms with van der Waals surface area (Å²) in [7, 11) is 1.61. The van der Waals surface area contributed by atoms with Crippen LogP contribution in [0.5, 0.6) is 5.75 Å². The first kappa shape index (κ1) is 14.4. The Morgan fingerprint density at radius 2 is 2.00 bits per heavy atom. The Bertz CT molecular complexity index is 626. The van der Waals surface area contributed by atoms with Crippen molar-refractivity contribution in [2.45, 2.75) is 13.5 Å². The summed E-state index contributed by atoms with van der Waals surface area (Å²) in [5.74, 6) is 0.642. The van der Waals surface area contributed by atoms with Gasteiger partial charge in [-0.2, -0.15) is 0 Å². The monoisotopic (exact) mass is 289 g/mol. The number of ether oxygens (including phenoxy) is 1. The summed E-state index contributed by atoms with van der Waals surface area (Å²) < 4.78 is 5.18. The maximum Gasteiger partial charge on any atom is 0.251 e. The lowest BCUT2D eigenvalue weighted by molar-refractivity contribution is 0.0951. The van der Waals surface area contributed by atoms with Crippen LogP contribution in [0.15, 0.2) is 42.5 Å². The maximum atomic E-state index is 12.1. The number of carbonyl (C=O) groups excluding carboxylic acids is 1. The van der Waals surface area contributed by atoms with Crippen LogP contribution in [0.4, 0.5) is 0 Å². The fourth-order valence-corrected chi connectivity index (χ4v) is 2.14. The third kappa shape index (κ3) is 3.31. The van der Waals surface area contributed by atoms with Crippen molar-refractivity contribution in [2.75, 3.05) is 7.11 Å². The zero-order valence-corrected chi connectivity index (χ0v) is 12.2. The van der Waals surface area contributed by atoms with Crippen molar-refractivity contribution >= 4 is 17.5 Å². The summed E-state index contributed by atoms with van der Waals surface area (Å²) in [6.45, 7) is 2.31. The molecule has 0 heterocycles. The second kappa shape index (κ2) is 6.44. The molecule has 2 aromatic carbocycles. The molecular formula is C16H16ClNO2. The van der Waals surface area contributed by atoms with Crippen molar-refractivity contribution in [3.63, 3.8) is 0 Å². The number of halogens is 1. The summed E-state index contributed by atoms with van der Waals surface area (Å²) in [5.41, 5.74) is 2.43. The van der Waals surface area contributed by atoms with Crippen molar-refractivity contribution in [3.05, 3.63) is 64.2 Å². The van der Waals surface area contributed by atoms with Gasteiger partial charge in [-0.1, -0.05) is 29.8 Å². The smallest absolute Gasteiger partial charge is 0.251 e. The molecule has 0 unspecified atom stereocenters. The van der Waals surface area contributed by atoms with Gasteiger partial charge >= 0.3 is 0 Å². The Morgan fingerprint density at radius 1 is 1.25 bits per heavy atom. The quantitative estimate of drug-likeness (QED) is 0.934. The molecule has 1 amide bonds. The van der Waals surface area contributed by atoms with Crippen LogP contribution in [0.25, 0.3) is 0 Å². The van der Waals surface area contributed by atoms with Gasteiger partial charge in [0.25, 0.3) is 5.91 Å². The Labute approximate surface area is 123 Å². The number of aryl methyl sites for hydroxylation is 1. The van der Waals surface area contributed by atoms with E-state index in [1.165, 1.54) is 0 Å². The van der Waals surface area contributed by atoms with Crippen molar-refractivity contribution in [1.29, 1.82) is 0 Å². The zero-order valence-electron chi connectivity index (χ0n) is 11.4. The van der Waals surface area contributed by atoms with Crippen molar-refractivity contribution in [2.24, 2.45) is 0 Å².